The number of piperazine rings is 1. The first-order valence-electron chi connectivity index (χ1n) is 11.1. The van der Waals surface area contributed by atoms with Crippen LogP contribution < -0.4 is 9.80 Å². The van der Waals surface area contributed by atoms with Gasteiger partial charge in [0.1, 0.15) is 11.9 Å². The van der Waals surface area contributed by atoms with E-state index in [-0.39, 0.29) is 0 Å². The van der Waals surface area contributed by atoms with E-state index in [4.69, 9.17) is 4.98 Å². The van der Waals surface area contributed by atoms with Gasteiger partial charge in [0.05, 0.1) is 16.6 Å². The molecule has 0 atom stereocenters. The number of anilines is 2. The minimum Gasteiger partial charge on any atom is -0.368 e. The predicted molar refractivity (Wildman–Crippen MR) is 127 cm³/mol. The Morgan fingerprint density at radius 2 is 1.61 bits per heavy atom. The molecule has 0 amide bonds. The van der Waals surface area contributed by atoms with Crippen molar-refractivity contribution in [2.45, 2.75) is 26.7 Å². The smallest absolute Gasteiger partial charge is 0.157 e. The van der Waals surface area contributed by atoms with Crippen molar-refractivity contribution in [3.05, 3.63) is 71.3 Å². The average molecular weight is 410 g/mol. The molecule has 0 saturated carbocycles. The second kappa shape index (κ2) is 7.96. The molecule has 1 aliphatic rings. The molecule has 1 saturated heterocycles. The monoisotopic (exact) mass is 409 g/mol. The molecule has 3 heterocycles. The van der Waals surface area contributed by atoms with Crippen LogP contribution in [0.5, 0.6) is 0 Å². The van der Waals surface area contributed by atoms with Gasteiger partial charge in [-0.15, -0.1) is 0 Å². The second-order valence-electron chi connectivity index (χ2n) is 8.23. The largest absolute Gasteiger partial charge is 0.368 e. The molecule has 0 radical (unpaired) electrons. The van der Waals surface area contributed by atoms with Gasteiger partial charge in [-0.25, -0.2) is 4.98 Å². The van der Waals surface area contributed by atoms with Crippen molar-refractivity contribution in [1.82, 2.24) is 9.38 Å². The molecular formula is C26H27N5. The third kappa shape index (κ3) is 3.19. The number of nitrogens with zero attached hydrogens (tertiary/aromatic N) is 5. The van der Waals surface area contributed by atoms with Crippen LogP contribution in [0.25, 0.3) is 16.7 Å². The van der Waals surface area contributed by atoms with E-state index in [1.165, 1.54) is 17.1 Å². The first-order chi connectivity index (χ1) is 15.2. The average Bonchev–Trinajstić information content (AvgIpc) is 3.19. The van der Waals surface area contributed by atoms with Crippen molar-refractivity contribution < 1.29 is 0 Å². The van der Waals surface area contributed by atoms with Crippen molar-refractivity contribution in [2.24, 2.45) is 0 Å². The molecule has 2 aromatic carbocycles. The van der Waals surface area contributed by atoms with Crippen molar-refractivity contribution in [1.29, 1.82) is 5.26 Å². The van der Waals surface area contributed by atoms with Crippen LogP contribution >= 0.6 is 0 Å². The molecule has 0 unspecified atom stereocenters. The van der Waals surface area contributed by atoms with Crippen molar-refractivity contribution in [2.75, 3.05) is 36.0 Å². The lowest BCUT2D eigenvalue weighted by Crippen LogP contribution is -2.47. The van der Waals surface area contributed by atoms with Gasteiger partial charge in [0.25, 0.3) is 0 Å². The SMILES string of the molecule is CCCc1c(C)c(C#N)c2nc3ccccc3n2c1N1CCN(c2ccccc2)CC1. The van der Waals surface area contributed by atoms with E-state index in [0.717, 1.165) is 61.3 Å². The van der Waals surface area contributed by atoms with Crippen molar-refractivity contribution >= 4 is 28.2 Å². The van der Waals surface area contributed by atoms with E-state index >= 15 is 0 Å². The zero-order valence-corrected chi connectivity index (χ0v) is 18.2. The maximum Gasteiger partial charge on any atom is 0.157 e. The Morgan fingerprint density at radius 1 is 0.935 bits per heavy atom. The molecule has 0 bridgehead atoms. The zero-order valence-electron chi connectivity index (χ0n) is 18.2. The van der Waals surface area contributed by atoms with Gasteiger partial charge < -0.3 is 9.80 Å². The molecule has 0 N–H and O–H groups in total. The molecular weight excluding hydrogens is 382 g/mol. The number of nitriles is 1. The summed E-state index contributed by atoms with van der Waals surface area (Å²) in [5.41, 5.74) is 7.14. The number of hydrogen-bond donors (Lipinski definition) is 0. The highest BCUT2D eigenvalue weighted by Gasteiger charge is 2.26. The van der Waals surface area contributed by atoms with E-state index in [1.807, 2.05) is 12.1 Å². The molecule has 5 rings (SSSR count). The summed E-state index contributed by atoms with van der Waals surface area (Å²) in [6, 6.07) is 21.3. The fourth-order valence-corrected chi connectivity index (χ4v) is 4.86. The van der Waals surface area contributed by atoms with Gasteiger partial charge in [0.15, 0.2) is 5.65 Å². The van der Waals surface area contributed by atoms with E-state index in [9.17, 15) is 5.26 Å². The topological polar surface area (TPSA) is 47.6 Å². The number of hydrogen-bond acceptors (Lipinski definition) is 4. The highest BCUT2D eigenvalue weighted by Crippen LogP contribution is 2.34. The summed E-state index contributed by atoms with van der Waals surface area (Å²) in [6.07, 6.45) is 2.00. The summed E-state index contributed by atoms with van der Waals surface area (Å²) in [5.74, 6) is 1.22. The van der Waals surface area contributed by atoms with E-state index in [0.29, 0.717) is 5.56 Å². The fraction of sp³-hybridized carbons (Fsp3) is 0.308. The lowest BCUT2D eigenvalue weighted by atomic mass is 10.00. The molecule has 5 heteroatoms. The number of benzene rings is 2. The standard InChI is InChI=1S/C26H27N5/c1-3-9-21-19(2)22(18-27)25-28-23-12-7-8-13-24(23)31(25)26(21)30-16-14-29(15-17-30)20-10-5-4-6-11-20/h4-8,10-13H,3,9,14-17H2,1-2H3. The Balaban J connectivity index is 1.65. The molecule has 0 spiro atoms. The second-order valence-corrected chi connectivity index (χ2v) is 8.23. The normalized spacial score (nSPS) is 14.4. The van der Waals surface area contributed by atoms with Crippen LogP contribution in [-0.2, 0) is 6.42 Å². The van der Waals surface area contributed by atoms with E-state index < -0.39 is 0 Å². The molecule has 2 aromatic heterocycles. The van der Waals surface area contributed by atoms with Crippen LogP contribution in [0.3, 0.4) is 0 Å². The predicted octanol–water partition coefficient (Wildman–Crippen LogP) is 4.95. The summed E-state index contributed by atoms with van der Waals surface area (Å²) in [7, 11) is 0. The molecule has 5 nitrogen and oxygen atoms in total. The number of aromatic nitrogens is 2. The third-order valence-electron chi connectivity index (χ3n) is 6.41. The van der Waals surface area contributed by atoms with Crippen LogP contribution in [0.15, 0.2) is 54.6 Å². The summed E-state index contributed by atoms with van der Waals surface area (Å²) in [6.45, 7) is 8.13. The third-order valence-corrected chi connectivity index (χ3v) is 6.41. The number of imidazole rings is 1. The Kier molecular flexibility index (Phi) is 4.99. The summed E-state index contributed by atoms with van der Waals surface area (Å²) >= 11 is 0. The van der Waals surface area contributed by atoms with Gasteiger partial charge in [-0.05, 0) is 48.7 Å². The minimum absolute atomic E-state index is 0.700. The van der Waals surface area contributed by atoms with Gasteiger partial charge in [-0.3, -0.25) is 4.40 Å². The number of pyridine rings is 1. The lowest BCUT2D eigenvalue weighted by molar-refractivity contribution is 0.641. The number of rotatable bonds is 4. The molecule has 0 aliphatic carbocycles. The Morgan fingerprint density at radius 3 is 2.32 bits per heavy atom. The summed E-state index contributed by atoms with van der Waals surface area (Å²) in [4.78, 5) is 9.82. The molecule has 1 aliphatic heterocycles. The maximum absolute atomic E-state index is 9.97. The highest BCUT2D eigenvalue weighted by molar-refractivity contribution is 5.86. The molecule has 4 aromatic rings. The quantitative estimate of drug-likeness (QED) is 0.479. The Bertz CT molecular complexity index is 1270. The fourth-order valence-electron chi connectivity index (χ4n) is 4.86. The van der Waals surface area contributed by atoms with E-state index in [1.54, 1.807) is 0 Å². The maximum atomic E-state index is 9.97. The van der Waals surface area contributed by atoms with Crippen molar-refractivity contribution in [3.8, 4) is 6.07 Å². The lowest BCUT2D eigenvalue weighted by Gasteiger charge is -2.38. The number of fused-ring (bicyclic) bond motifs is 3. The molecule has 1 fully saturated rings. The first-order valence-corrected chi connectivity index (χ1v) is 11.1. The van der Waals surface area contributed by atoms with Gasteiger partial charge in [0, 0.05) is 31.9 Å². The highest BCUT2D eigenvalue weighted by atomic mass is 15.3. The van der Waals surface area contributed by atoms with Crippen LogP contribution in [-0.4, -0.2) is 35.6 Å². The van der Waals surface area contributed by atoms with Crippen LogP contribution in [0.2, 0.25) is 0 Å². The summed E-state index contributed by atoms with van der Waals surface area (Å²) in [5, 5.41) is 9.97. The Labute approximate surface area is 183 Å². The van der Waals surface area contributed by atoms with Crippen LogP contribution in [0.1, 0.15) is 30.0 Å². The van der Waals surface area contributed by atoms with Gasteiger partial charge in [-0.1, -0.05) is 43.7 Å². The Hall–Kier alpha value is -3.52. The van der Waals surface area contributed by atoms with Gasteiger partial charge >= 0.3 is 0 Å². The first kappa shape index (κ1) is 19.4. The zero-order chi connectivity index (χ0) is 21.4. The van der Waals surface area contributed by atoms with Gasteiger partial charge in [0.2, 0.25) is 0 Å². The number of para-hydroxylation sites is 3. The molecule has 31 heavy (non-hydrogen) atoms. The molecule has 156 valence electrons. The van der Waals surface area contributed by atoms with Gasteiger partial charge in [-0.2, -0.15) is 5.26 Å². The van der Waals surface area contributed by atoms with Crippen LogP contribution in [0, 0.1) is 18.3 Å². The van der Waals surface area contributed by atoms with E-state index in [2.05, 4.69) is 76.6 Å². The summed E-state index contributed by atoms with van der Waals surface area (Å²) < 4.78 is 2.24. The van der Waals surface area contributed by atoms with Crippen LogP contribution in [0.4, 0.5) is 11.5 Å². The minimum atomic E-state index is 0.700. The van der Waals surface area contributed by atoms with Crippen molar-refractivity contribution in [3.63, 3.8) is 0 Å².